The number of aromatic nitrogens is 1. The van der Waals surface area contributed by atoms with Crippen molar-refractivity contribution >= 4 is 11.8 Å². The SMILES string of the molecule is COc1ccc(CCN2CCN(C(=O)NCc3ccc(N4CCCCCC4)nc3)CC2)cc1. The summed E-state index contributed by atoms with van der Waals surface area (Å²) >= 11 is 0. The van der Waals surface area contributed by atoms with Crippen molar-refractivity contribution in [3.8, 4) is 5.75 Å². The van der Waals surface area contributed by atoms with Gasteiger partial charge in [0.1, 0.15) is 11.6 Å². The average molecular weight is 452 g/mol. The number of piperazine rings is 1. The summed E-state index contributed by atoms with van der Waals surface area (Å²) in [4.78, 5) is 24.0. The first-order valence-corrected chi connectivity index (χ1v) is 12.3. The molecule has 1 aromatic carbocycles. The number of ether oxygens (including phenoxy) is 1. The maximum Gasteiger partial charge on any atom is 0.317 e. The lowest BCUT2D eigenvalue weighted by Gasteiger charge is -2.34. The van der Waals surface area contributed by atoms with E-state index in [1.165, 1.54) is 31.2 Å². The highest BCUT2D eigenvalue weighted by Crippen LogP contribution is 2.17. The molecule has 2 saturated heterocycles. The van der Waals surface area contributed by atoms with Gasteiger partial charge in [0.05, 0.1) is 7.11 Å². The molecule has 2 aliphatic heterocycles. The van der Waals surface area contributed by atoms with Crippen LogP contribution in [0.5, 0.6) is 5.75 Å². The smallest absolute Gasteiger partial charge is 0.317 e. The van der Waals surface area contributed by atoms with Gasteiger partial charge in [-0.1, -0.05) is 31.0 Å². The van der Waals surface area contributed by atoms with Gasteiger partial charge in [0.15, 0.2) is 0 Å². The first-order chi connectivity index (χ1) is 16.2. The van der Waals surface area contributed by atoms with Gasteiger partial charge in [0, 0.05) is 58.6 Å². The number of anilines is 1. The van der Waals surface area contributed by atoms with E-state index in [-0.39, 0.29) is 6.03 Å². The molecule has 0 atom stereocenters. The first kappa shape index (κ1) is 23.4. The first-order valence-electron chi connectivity index (χ1n) is 12.3. The average Bonchev–Trinajstić information content (AvgIpc) is 3.17. The van der Waals surface area contributed by atoms with Crippen molar-refractivity contribution in [1.29, 1.82) is 0 Å². The van der Waals surface area contributed by atoms with Crippen molar-refractivity contribution in [3.63, 3.8) is 0 Å². The van der Waals surface area contributed by atoms with Gasteiger partial charge in [-0.15, -0.1) is 0 Å². The predicted molar refractivity (Wildman–Crippen MR) is 132 cm³/mol. The van der Waals surface area contributed by atoms with E-state index in [2.05, 4.69) is 44.4 Å². The Kier molecular flexibility index (Phi) is 8.41. The molecule has 7 nitrogen and oxygen atoms in total. The molecule has 2 amide bonds. The van der Waals surface area contributed by atoms with Crippen LogP contribution in [0, 0.1) is 0 Å². The quantitative estimate of drug-likeness (QED) is 0.698. The Labute approximate surface area is 197 Å². The Hall–Kier alpha value is -2.80. The van der Waals surface area contributed by atoms with Gasteiger partial charge in [-0.25, -0.2) is 9.78 Å². The van der Waals surface area contributed by atoms with Crippen molar-refractivity contribution in [2.75, 3.05) is 57.8 Å². The van der Waals surface area contributed by atoms with Crippen LogP contribution in [0.1, 0.15) is 36.8 Å². The van der Waals surface area contributed by atoms with Gasteiger partial charge < -0.3 is 19.9 Å². The van der Waals surface area contributed by atoms with E-state index < -0.39 is 0 Å². The zero-order valence-corrected chi connectivity index (χ0v) is 19.8. The monoisotopic (exact) mass is 451 g/mol. The summed E-state index contributed by atoms with van der Waals surface area (Å²) in [5, 5.41) is 3.06. The van der Waals surface area contributed by atoms with Crippen LogP contribution in [0.25, 0.3) is 0 Å². The predicted octanol–water partition coefficient (Wildman–Crippen LogP) is 3.54. The van der Waals surface area contributed by atoms with Crippen LogP contribution >= 0.6 is 0 Å². The van der Waals surface area contributed by atoms with Gasteiger partial charge >= 0.3 is 6.03 Å². The second-order valence-electron chi connectivity index (χ2n) is 9.01. The summed E-state index contributed by atoms with van der Waals surface area (Å²) in [6, 6.07) is 12.5. The molecule has 7 heteroatoms. The van der Waals surface area contributed by atoms with Crippen LogP contribution in [0.2, 0.25) is 0 Å². The number of nitrogens with zero attached hydrogens (tertiary/aromatic N) is 4. The van der Waals surface area contributed by atoms with Gasteiger partial charge in [-0.3, -0.25) is 4.90 Å². The van der Waals surface area contributed by atoms with Gasteiger partial charge in [0.2, 0.25) is 0 Å². The lowest BCUT2D eigenvalue weighted by atomic mass is 10.1. The van der Waals surface area contributed by atoms with Gasteiger partial charge in [-0.2, -0.15) is 0 Å². The van der Waals surface area contributed by atoms with E-state index in [1.807, 2.05) is 23.2 Å². The van der Waals surface area contributed by atoms with E-state index in [1.54, 1.807) is 7.11 Å². The van der Waals surface area contributed by atoms with Crippen molar-refractivity contribution in [2.24, 2.45) is 0 Å². The minimum atomic E-state index is 0.0152. The molecule has 0 spiro atoms. The molecule has 2 fully saturated rings. The number of nitrogens with one attached hydrogen (secondary N) is 1. The molecule has 1 aromatic heterocycles. The summed E-state index contributed by atoms with van der Waals surface area (Å²) < 4.78 is 5.22. The molecule has 4 rings (SSSR count). The second-order valence-corrected chi connectivity index (χ2v) is 9.01. The zero-order chi connectivity index (χ0) is 22.9. The molecule has 1 N–H and O–H groups in total. The Bertz CT molecular complexity index is 855. The maximum absolute atomic E-state index is 12.6. The lowest BCUT2D eigenvalue weighted by molar-refractivity contribution is 0.140. The van der Waals surface area contributed by atoms with Crippen molar-refractivity contribution in [1.82, 2.24) is 20.1 Å². The number of hydrogen-bond donors (Lipinski definition) is 1. The second kappa shape index (κ2) is 11.9. The third-order valence-electron chi connectivity index (χ3n) is 6.72. The zero-order valence-electron chi connectivity index (χ0n) is 19.8. The molecule has 33 heavy (non-hydrogen) atoms. The Morgan fingerprint density at radius 1 is 0.909 bits per heavy atom. The number of pyridine rings is 1. The summed E-state index contributed by atoms with van der Waals surface area (Å²) in [5.41, 5.74) is 2.35. The molecule has 2 aromatic rings. The minimum absolute atomic E-state index is 0.0152. The van der Waals surface area contributed by atoms with E-state index in [0.29, 0.717) is 6.54 Å². The number of benzene rings is 1. The third kappa shape index (κ3) is 6.84. The van der Waals surface area contributed by atoms with E-state index in [9.17, 15) is 4.79 Å². The van der Waals surface area contributed by atoms with Gasteiger partial charge in [-0.05, 0) is 48.6 Å². The molecular formula is C26H37N5O2. The van der Waals surface area contributed by atoms with Crippen LogP contribution in [-0.2, 0) is 13.0 Å². The molecular weight excluding hydrogens is 414 g/mol. The number of hydrogen-bond acceptors (Lipinski definition) is 5. The Morgan fingerprint density at radius 3 is 2.24 bits per heavy atom. The third-order valence-corrected chi connectivity index (χ3v) is 6.72. The fraction of sp³-hybridized carbons (Fsp3) is 0.538. The van der Waals surface area contributed by atoms with Crippen molar-refractivity contribution < 1.29 is 9.53 Å². The molecule has 0 unspecified atom stereocenters. The lowest BCUT2D eigenvalue weighted by Crippen LogP contribution is -2.51. The standard InChI is InChI=1S/C26H37N5O2/c1-33-24-9-6-22(7-10-24)12-15-29-16-18-31(19-17-29)26(32)28-21-23-8-11-25(27-20-23)30-13-4-2-3-5-14-30/h6-11,20H,2-5,12-19,21H2,1H3,(H,28,32). The fourth-order valence-corrected chi connectivity index (χ4v) is 4.55. The van der Waals surface area contributed by atoms with Crippen molar-refractivity contribution in [3.05, 3.63) is 53.7 Å². The largest absolute Gasteiger partial charge is 0.497 e. The topological polar surface area (TPSA) is 60.9 Å². The van der Waals surface area contributed by atoms with Crippen LogP contribution in [-0.4, -0.2) is 73.7 Å². The number of carbonyl (C=O) groups is 1. The molecule has 178 valence electrons. The molecule has 0 radical (unpaired) electrons. The maximum atomic E-state index is 12.6. The van der Waals surface area contributed by atoms with E-state index in [0.717, 1.165) is 69.4 Å². The molecule has 2 aliphatic rings. The van der Waals surface area contributed by atoms with Crippen molar-refractivity contribution in [2.45, 2.75) is 38.6 Å². The molecule has 0 aliphatic carbocycles. The number of amides is 2. The number of urea groups is 1. The van der Waals surface area contributed by atoms with Gasteiger partial charge in [0.25, 0.3) is 0 Å². The van der Waals surface area contributed by atoms with E-state index >= 15 is 0 Å². The normalized spacial score (nSPS) is 17.5. The fourth-order valence-electron chi connectivity index (χ4n) is 4.55. The summed E-state index contributed by atoms with van der Waals surface area (Å²) in [7, 11) is 1.69. The Morgan fingerprint density at radius 2 is 1.61 bits per heavy atom. The highest BCUT2D eigenvalue weighted by atomic mass is 16.5. The Balaban J connectivity index is 1.16. The van der Waals surface area contributed by atoms with Crippen LogP contribution < -0.4 is 15.0 Å². The van der Waals surface area contributed by atoms with Crippen LogP contribution in [0.3, 0.4) is 0 Å². The van der Waals surface area contributed by atoms with Crippen LogP contribution in [0.15, 0.2) is 42.6 Å². The molecule has 0 saturated carbocycles. The highest BCUT2D eigenvalue weighted by molar-refractivity contribution is 5.74. The van der Waals surface area contributed by atoms with E-state index in [4.69, 9.17) is 4.74 Å². The summed E-state index contributed by atoms with van der Waals surface area (Å²) in [6.45, 7) is 7.07. The number of methoxy groups -OCH3 is 1. The summed E-state index contributed by atoms with van der Waals surface area (Å²) in [6.07, 6.45) is 8.03. The molecule has 3 heterocycles. The number of carbonyl (C=O) groups excluding carboxylic acids is 1. The number of rotatable bonds is 7. The molecule has 0 bridgehead atoms. The van der Waals surface area contributed by atoms with Crippen LogP contribution in [0.4, 0.5) is 10.6 Å². The summed E-state index contributed by atoms with van der Waals surface area (Å²) in [5.74, 6) is 1.94. The minimum Gasteiger partial charge on any atom is -0.497 e. The highest BCUT2D eigenvalue weighted by Gasteiger charge is 2.20.